The zero-order valence-electron chi connectivity index (χ0n) is 13.0. The summed E-state index contributed by atoms with van der Waals surface area (Å²) in [6.07, 6.45) is 0.523. The number of benzene rings is 1. The van der Waals surface area contributed by atoms with Gasteiger partial charge in [0, 0.05) is 19.5 Å². The SMILES string of the molecule is CCNC(C)CC(=O)N(C)CCOc1cccc(C)c1. The number of carbonyl (C=O) groups excluding carboxylic acids is 1. The Morgan fingerprint density at radius 3 is 2.85 bits per heavy atom. The van der Waals surface area contributed by atoms with Crippen molar-refractivity contribution in [1.82, 2.24) is 10.2 Å². The summed E-state index contributed by atoms with van der Waals surface area (Å²) in [6.45, 7) is 8.10. The van der Waals surface area contributed by atoms with Gasteiger partial charge in [0.05, 0.1) is 6.54 Å². The molecular weight excluding hydrogens is 252 g/mol. The quantitative estimate of drug-likeness (QED) is 0.793. The fraction of sp³-hybridized carbons (Fsp3) is 0.562. The maximum atomic E-state index is 12.0. The lowest BCUT2D eigenvalue weighted by atomic mass is 10.2. The Bertz CT molecular complexity index is 421. The van der Waals surface area contributed by atoms with E-state index in [-0.39, 0.29) is 11.9 Å². The molecule has 0 heterocycles. The van der Waals surface area contributed by atoms with E-state index in [1.54, 1.807) is 4.90 Å². The van der Waals surface area contributed by atoms with Crippen molar-refractivity contribution >= 4 is 5.91 Å². The topological polar surface area (TPSA) is 41.6 Å². The maximum Gasteiger partial charge on any atom is 0.223 e. The van der Waals surface area contributed by atoms with E-state index in [0.29, 0.717) is 19.6 Å². The summed E-state index contributed by atoms with van der Waals surface area (Å²) >= 11 is 0. The van der Waals surface area contributed by atoms with Crippen LogP contribution in [0.3, 0.4) is 0 Å². The molecule has 4 heteroatoms. The summed E-state index contributed by atoms with van der Waals surface area (Å²) in [5.41, 5.74) is 1.17. The molecule has 1 aromatic carbocycles. The van der Waals surface area contributed by atoms with Crippen molar-refractivity contribution in [3.05, 3.63) is 29.8 Å². The van der Waals surface area contributed by atoms with Gasteiger partial charge in [0.1, 0.15) is 12.4 Å². The molecule has 1 N–H and O–H groups in total. The fourth-order valence-corrected chi connectivity index (χ4v) is 1.97. The van der Waals surface area contributed by atoms with Gasteiger partial charge in [0.2, 0.25) is 5.91 Å². The Balaban J connectivity index is 2.28. The van der Waals surface area contributed by atoms with E-state index in [1.165, 1.54) is 5.56 Å². The molecule has 0 aliphatic rings. The summed E-state index contributed by atoms with van der Waals surface area (Å²) in [4.78, 5) is 13.7. The van der Waals surface area contributed by atoms with Crippen LogP contribution in [-0.2, 0) is 4.79 Å². The Hall–Kier alpha value is -1.55. The smallest absolute Gasteiger partial charge is 0.223 e. The lowest BCUT2D eigenvalue weighted by Crippen LogP contribution is -2.36. The molecule has 0 bridgehead atoms. The molecule has 0 saturated carbocycles. The van der Waals surface area contributed by atoms with E-state index in [1.807, 2.05) is 52.1 Å². The minimum absolute atomic E-state index is 0.145. The number of hydrogen-bond donors (Lipinski definition) is 1. The summed E-state index contributed by atoms with van der Waals surface area (Å²) in [7, 11) is 1.82. The van der Waals surface area contributed by atoms with Crippen molar-refractivity contribution in [2.45, 2.75) is 33.2 Å². The molecule has 1 amide bonds. The number of likely N-dealkylation sites (N-methyl/N-ethyl adjacent to an activating group) is 1. The van der Waals surface area contributed by atoms with E-state index in [4.69, 9.17) is 4.74 Å². The fourth-order valence-electron chi connectivity index (χ4n) is 1.97. The highest BCUT2D eigenvalue weighted by Crippen LogP contribution is 2.12. The lowest BCUT2D eigenvalue weighted by Gasteiger charge is -2.20. The number of nitrogens with zero attached hydrogens (tertiary/aromatic N) is 1. The van der Waals surface area contributed by atoms with Crippen molar-refractivity contribution < 1.29 is 9.53 Å². The summed E-state index contributed by atoms with van der Waals surface area (Å²) in [6, 6.07) is 8.15. The monoisotopic (exact) mass is 278 g/mol. The van der Waals surface area contributed by atoms with Crippen LogP contribution in [0.1, 0.15) is 25.8 Å². The van der Waals surface area contributed by atoms with Crippen LogP contribution in [-0.4, -0.2) is 43.6 Å². The van der Waals surface area contributed by atoms with Crippen molar-refractivity contribution in [2.24, 2.45) is 0 Å². The third-order valence-electron chi connectivity index (χ3n) is 3.14. The largest absolute Gasteiger partial charge is 0.492 e. The zero-order chi connectivity index (χ0) is 15.0. The van der Waals surface area contributed by atoms with Gasteiger partial charge in [0.25, 0.3) is 0 Å². The van der Waals surface area contributed by atoms with Gasteiger partial charge in [0.15, 0.2) is 0 Å². The molecule has 0 saturated heterocycles. The first-order valence-corrected chi connectivity index (χ1v) is 7.19. The highest BCUT2D eigenvalue weighted by molar-refractivity contribution is 5.76. The van der Waals surface area contributed by atoms with Gasteiger partial charge in [-0.3, -0.25) is 4.79 Å². The van der Waals surface area contributed by atoms with Crippen LogP contribution in [0.5, 0.6) is 5.75 Å². The standard InChI is InChI=1S/C16H26N2O2/c1-5-17-14(3)12-16(19)18(4)9-10-20-15-8-6-7-13(2)11-15/h6-8,11,14,17H,5,9-10,12H2,1-4H3. The summed E-state index contributed by atoms with van der Waals surface area (Å²) in [5.74, 6) is 0.998. The Labute approximate surface area is 122 Å². The first-order valence-electron chi connectivity index (χ1n) is 7.19. The number of carbonyl (C=O) groups is 1. The molecule has 1 unspecified atom stereocenters. The van der Waals surface area contributed by atoms with Crippen LogP contribution in [0.15, 0.2) is 24.3 Å². The van der Waals surface area contributed by atoms with Gasteiger partial charge < -0.3 is 15.0 Å². The molecule has 0 spiro atoms. The van der Waals surface area contributed by atoms with E-state index < -0.39 is 0 Å². The van der Waals surface area contributed by atoms with Gasteiger partial charge in [-0.15, -0.1) is 0 Å². The number of nitrogens with one attached hydrogen (secondary N) is 1. The van der Waals surface area contributed by atoms with Crippen LogP contribution >= 0.6 is 0 Å². The van der Waals surface area contributed by atoms with Gasteiger partial charge in [-0.25, -0.2) is 0 Å². The van der Waals surface area contributed by atoms with Crippen LogP contribution in [0.4, 0.5) is 0 Å². The van der Waals surface area contributed by atoms with Gasteiger partial charge in [-0.1, -0.05) is 19.1 Å². The number of amides is 1. The third-order valence-corrected chi connectivity index (χ3v) is 3.14. The summed E-state index contributed by atoms with van der Waals surface area (Å²) in [5, 5.41) is 3.24. The van der Waals surface area contributed by atoms with E-state index in [9.17, 15) is 4.79 Å². The first-order chi connectivity index (χ1) is 9.52. The average molecular weight is 278 g/mol. The molecule has 1 rings (SSSR count). The molecule has 1 atom stereocenters. The van der Waals surface area contributed by atoms with Gasteiger partial charge >= 0.3 is 0 Å². The van der Waals surface area contributed by atoms with Gasteiger partial charge in [-0.2, -0.15) is 0 Å². The Morgan fingerprint density at radius 2 is 2.20 bits per heavy atom. The van der Waals surface area contributed by atoms with Crippen LogP contribution < -0.4 is 10.1 Å². The second-order valence-electron chi connectivity index (χ2n) is 5.14. The zero-order valence-corrected chi connectivity index (χ0v) is 13.0. The van der Waals surface area contributed by atoms with Crippen LogP contribution in [0.25, 0.3) is 0 Å². The van der Waals surface area contributed by atoms with E-state index in [0.717, 1.165) is 12.3 Å². The number of aryl methyl sites for hydroxylation is 1. The lowest BCUT2D eigenvalue weighted by molar-refractivity contribution is -0.130. The highest BCUT2D eigenvalue weighted by atomic mass is 16.5. The maximum absolute atomic E-state index is 12.0. The molecule has 112 valence electrons. The number of hydrogen-bond acceptors (Lipinski definition) is 3. The first kappa shape index (κ1) is 16.5. The number of rotatable bonds is 8. The molecule has 20 heavy (non-hydrogen) atoms. The Morgan fingerprint density at radius 1 is 1.45 bits per heavy atom. The summed E-state index contributed by atoms with van der Waals surface area (Å²) < 4.78 is 5.65. The predicted octanol–water partition coefficient (Wildman–Crippen LogP) is 2.22. The van der Waals surface area contributed by atoms with Crippen LogP contribution in [0, 0.1) is 6.92 Å². The van der Waals surface area contributed by atoms with Crippen molar-refractivity contribution in [3.8, 4) is 5.75 Å². The minimum Gasteiger partial charge on any atom is -0.492 e. The molecule has 0 radical (unpaired) electrons. The Kier molecular flexibility index (Phi) is 7.09. The molecule has 0 aliphatic heterocycles. The molecule has 1 aromatic rings. The van der Waals surface area contributed by atoms with E-state index in [2.05, 4.69) is 5.32 Å². The second kappa shape index (κ2) is 8.59. The van der Waals surface area contributed by atoms with E-state index >= 15 is 0 Å². The predicted molar refractivity (Wildman–Crippen MR) is 82.1 cm³/mol. The van der Waals surface area contributed by atoms with Gasteiger partial charge in [-0.05, 0) is 38.1 Å². The van der Waals surface area contributed by atoms with Crippen LogP contribution in [0.2, 0.25) is 0 Å². The van der Waals surface area contributed by atoms with Crippen molar-refractivity contribution in [1.29, 1.82) is 0 Å². The second-order valence-corrected chi connectivity index (χ2v) is 5.14. The highest BCUT2D eigenvalue weighted by Gasteiger charge is 2.12. The molecule has 0 fully saturated rings. The molecular formula is C16H26N2O2. The minimum atomic E-state index is 0.145. The molecule has 4 nitrogen and oxygen atoms in total. The molecule has 0 aromatic heterocycles. The average Bonchev–Trinajstić information content (AvgIpc) is 2.38. The van der Waals surface area contributed by atoms with Crippen molar-refractivity contribution in [3.63, 3.8) is 0 Å². The molecule has 0 aliphatic carbocycles. The normalized spacial score (nSPS) is 12.0. The third kappa shape index (κ3) is 6.06. The van der Waals surface area contributed by atoms with Crippen molar-refractivity contribution in [2.75, 3.05) is 26.7 Å². The number of ether oxygens (including phenoxy) is 1.